The zero-order chi connectivity index (χ0) is 23.0. The zero-order valence-electron chi connectivity index (χ0n) is 16.6. The van der Waals surface area contributed by atoms with E-state index in [1.807, 2.05) is 30.3 Å². The smallest absolute Gasteiger partial charge is 0.383 e. The molecule has 2 heterocycles. The molecule has 0 aliphatic carbocycles. The Hall–Kier alpha value is -3.53. The fourth-order valence-electron chi connectivity index (χ4n) is 3.28. The number of halogens is 4. The Morgan fingerprint density at radius 1 is 1.03 bits per heavy atom. The SMILES string of the molecule is CN(C(=O)C(F)(F)F)c1ccc(-c2cc(-c3cccc(Br)c3)c3c(N)ncnc3n2)cc1. The second kappa shape index (κ2) is 8.19. The van der Waals surface area contributed by atoms with Crippen molar-refractivity contribution in [1.82, 2.24) is 15.0 Å². The molecule has 162 valence electrons. The van der Waals surface area contributed by atoms with Gasteiger partial charge in [0, 0.05) is 22.8 Å². The predicted octanol–water partition coefficient (Wildman–Crippen LogP) is 5.23. The molecule has 0 unspecified atom stereocenters. The van der Waals surface area contributed by atoms with Crippen LogP contribution in [0.5, 0.6) is 0 Å². The molecule has 2 aromatic heterocycles. The molecule has 0 radical (unpaired) electrons. The number of carbonyl (C=O) groups excluding carboxylic acids is 1. The molecule has 10 heteroatoms. The second-order valence-electron chi connectivity index (χ2n) is 6.93. The van der Waals surface area contributed by atoms with Gasteiger partial charge in [-0.1, -0.05) is 40.2 Å². The summed E-state index contributed by atoms with van der Waals surface area (Å²) >= 11 is 3.46. The lowest BCUT2D eigenvalue weighted by Gasteiger charge is -2.19. The molecule has 4 rings (SSSR count). The molecule has 1 amide bonds. The number of nitrogens with zero attached hydrogens (tertiary/aromatic N) is 4. The van der Waals surface area contributed by atoms with Crippen LogP contribution in [0, 0.1) is 0 Å². The minimum Gasteiger partial charge on any atom is -0.383 e. The van der Waals surface area contributed by atoms with Crippen LogP contribution in [0.4, 0.5) is 24.7 Å². The molecule has 6 nitrogen and oxygen atoms in total. The zero-order valence-corrected chi connectivity index (χ0v) is 18.1. The molecule has 0 saturated carbocycles. The first-order chi connectivity index (χ1) is 15.1. The lowest BCUT2D eigenvalue weighted by atomic mass is 10.00. The molecule has 4 aromatic rings. The van der Waals surface area contributed by atoms with Gasteiger partial charge in [0.15, 0.2) is 5.65 Å². The third-order valence-corrected chi connectivity index (χ3v) is 5.36. The fourth-order valence-corrected chi connectivity index (χ4v) is 3.68. The van der Waals surface area contributed by atoms with Crippen LogP contribution >= 0.6 is 15.9 Å². The summed E-state index contributed by atoms with van der Waals surface area (Å²) in [6, 6.07) is 15.5. The van der Waals surface area contributed by atoms with Gasteiger partial charge >= 0.3 is 12.1 Å². The Morgan fingerprint density at radius 3 is 2.41 bits per heavy atom. The second-order valence-corrected chi connectivity index (χ2v) is 7.85. The summed E-state index contributed by atoms with van der Waals surface area (Å²) in [4.78, 5) is 24.9. The number of aromatic nitrogens is 3. The molecule has 0 fully saturated rings. The Kier molecular flexibility index (Phi) is 5.55. The molecule has 0 atom stereocenters. The van der Waals surface area contributed by atoms with Crippen molar-refractivity contribution in [3.63, 3.8) is 0 Å². The number of alkyl halides is 3. The van der Waals surface area contributed by atoms with Gasteiger partial charge in [-0.3, -0.25) is 4.79 Å². The number of carbonyl (C=O) groups is 1. The van der Waals surface area contributed by atoms with Crippen molar-refractivity contribution < 1.29 is 18.0 Å². The molecule has 0 aliphatic heterocycles. The lowest BCUT2D eigenvalue weighted by molar-refractivity contribution is -0.170. The van der Waals surface area contributed by atoms with E-state index in [4.69, 9.17) is 5.73 Å². The van der Waals surface area contributed by atoms with E-state index in [0.717, 1.165) is 22.6 Å². The van der Waals surface area contributed by atoms with E-state index >= 15 is 0 Å². The summed E-state index contributed by atoms with van der Waals surface area (Å²) in [5.41, 5.74) is 9.40. The Morgan fingerprint density at radius 2 is 1.75 bits per heavy atom. The van der Waals surface area contributed by atoms with Crippen LogP contribution in [0.2, 0.25) is 0 Å². The number of nitrogen functional groups attached to an aromatic ring is 1. The number of anilines is 2. The van der Waals surface area contributed by atoms with Crippen molar-refractivity contribution in [2.24, 2.45) is 0 Å². The van der Waals surface area contributed by atoms with Crippen LogP contribution in [-0.4, -0.2) is 34.1 Å². The molecular weight excluding hydrogens is 487 g/mol. The monoisotopic (exact) mass is 501 g/mol. The maximum atomic E-state index is 12.7. The summed E-state index contributed by atoms with van der Waals surface area (Å²) in [5, 5.41) is 0.599. The number of fused-ring (bicyclic) bond motifs is 1. The topological polar surface area (TPSA) is 85.0 Å². The van der Waals surface area contributed by atoms with Crippen LogP contribution in [0.3, 0.4) is 0 Å². The quantitative estimate of drug-likeness (QED) is 0.415. The van der Waals surface area contributed by atoms with Crippen molar-refractivity contribution in [2.45, 2.75) is 6.18 Å². The Balaban J connectivity index is 1.81. The minimum absolute atomic E-state index is 0.107. The van der Waals surface area contributed by atoms with Crippen LogP contribution < -0.4 is 10.6 Å². The van der Waals surface area contributed by atoms with Crippen LogP contribution in [0.15, 0.2) is 65.4 Å². The van der Waals surface area contributed by atoms with Crippen molar-refractivity contribution in [3.8, 4) is 22.4 Å². The Bertz CT molecular complexity index is 1330. The van der Waals surface area contributed by atoms with Crippen LogP contribution in [0.1, 0.15) is 0 Å². The number of hydrogen-bond acceptors (Lipinski definition) is 5. The first kappa shape index (κ1) is 21.7. The molecule has 2 N–H and O–H groups in total. The molecule has 0 aliphatic rings. The Labute approximate surface area is 189 Å². The third kappa shape index (κ3) is 4.13. The summed E-state index contributed by atoms with van der Waals surface area (Å²) in [7, 11) is 1.07. The average molecular weight is 502 g/mol. The highest BCUT2D eigenvalue weighted by Crippen LogP contribution is 2.35. The highest BCUT2D eigenvalue weighted by atomic mass is 79.9. The summed E-state index contributed by atoms with van der Waals surface area (Å²) in [5.74, 6) is -1.66. The highest BCUT2D eigenvalue weighted by Gasteiger charge is 2.41. The molecule has 0 bridgehead atoms. The van der Waals surface area contributed by atoms with Gasteiger partial charge in [0.25, 0.3) is 0 Å². The van der Waals surface area contributed by atoms with Gasteiger partial charge in [-0.05, 0) is 41.5 Å². The molecule has 0 spiro atoms. The van der Waals surface area contributed by atoms with E-state index in [1.165, 1.54) is 18.5 Å². The summed E-state index contributed by atoms with van der Waals surface area (Å²) in [6.07, 6.45) is -3.63. The normalized spacial score (nSPS) is 11.5. The maximum Gasteiger partial charge on any atom is 0.471 e. The number of rotatable bonds is 3. The van der Waals surface area contributed by atoms with Gasteiger partial charge < -0.3 is 10.6 Å². The molecule has 0 saturated heterocycles. The standard InChI is InChI=1S/C22H15BrF3N5O/c1-31(21(32)22(24,25)26)15-7-5-12(6-8-15)17-10-16(13-3-2-4-14(23)9-13)18-19(27)28-11-29-20(18)30-17/h2-11H,1H3,(H2,27,28,29,30). The van der Waals surface area contributed by atoms with Gasteiger partial charge in [-0.2, -0.15) is 13.2 Å². The van der Waals surface area contributed by atoms with E-state index in [2.05, 4.69) is 30.9 Å². The number of nitrogens with two attached hydrogens (primary N) is 1. The van der Waals surface area contributed by atoms with E-state index in [0.29, 0.717) is 27.2 Å². The van der Waals surface area contributed by atoms with Crippen molar-refractivity contribution in [2.75, 3.05) is 17.7 Å². The summed E-state index contributed by atoms with van der Waals surface area (Å²) in [6.45, 7) is 0. The number of amides is 1. The van der Waals surface area contributed by atoms with Crippen molar-refractivity contribution in [3.05, 3.63) is 65.4 Å². The van der Waals surface area contributed by atoms with E-state index in [1.54, 1.807) is 12.1 Å². The van der Waals surface area contributed by atoms with Gasteiger partial charge in [-0.25, -0.2) is 15.0 Å². The number of benzene rings is 2. The first-order valence-electron chi connectivity index (χ1n) is 9.27. The number of hydrogen-bond donors (Lipinski definition) is 1. The minimum atomic E-state index is -4.95. The number of pyridine rings is 1. The van der Waals surface area contributed by atoms with Crippen LogP contribution in [-0.2, 0) is 4.79 Å². The third-order valence-electron chi connectivity index (χ3n) is 4.87. The van der Waals surface area contributed by atoms with Crippen molar-refractivity contribution >= 4 is 44.4 Å². The lowest BCUT2D eigenvalue weighted by Crippen LogP contribution is -2.38. The van der Waals surface area contributed by atoms with Gasteiger partial charge in [0.2, 0.25) is 0 Å². The predicted molar refractivity (Wildman–Crippen MR) is 120 cm³/mol. The molecular formula is C22H15BrF3N5O. The fraction of sp³-hybridized carbons (Fsp3) is 0.0909. The molecule has 2 aromatic carbocycles. The summed E-state index contributed by atoms with van der Waals surface area (Å²) < 4.78 is 39.0. The first-order valence-corrected chi connectivity index (χ1v) is 10.1. The van der Waals surface area contributed by atoms with E-state index < -0.39 is 12.1 Å². The van der Waals surface area contributed by atoms with Gasteiger partial charge in [0.1, 0.15) is 12.1 Å². The van der Waals surface area contributed by atoms with Gasteiger partial charge in [-0.15, -0.1) is 0 Å². The van der Waals surface area contributed by atoms with Crippen LogP contribution in [0.25, 0.3) is 33.4 Å². The molecule has 32 heavy (non-hydrogen) atoms. The highest BCUT2D eigenvalue weighted by molar-refractivity contribution is 9.10. The maximum absolute atomic E-state index is 12.7. The largest absolute Gasteiger partial charge is 0.471 e. The van der Waals surface area contributed by atoms with Crippen molar-refractivity contribution in [1.29, 1.82) is 0 Å². The average Bonchev–Trinajstić information content (AvgIpc) is 2.77. The van der Waals surface area contributed by atoms with E-state index in [-0.39, 0.29) is 11.5 Å². The van der Waals surface area contributed by atoms with E-state index in [9.17, 15) is 18.0 Å². The van der Waals surface area contributed by atoms with Gasteiger partial charge in [0.05, 0.1) is 11.1 Å².